The molecule has 1 aliphatic heterocycles. The van der Waals surface area contributed by atoms with Crippen molar-refractivity contribution < 1.29 is 0 Å². The summed E-state index contributed by atoms with van der Waals surface area (Å²) in [6.45, 7) is 9.94. The molecule has 1 aliphatic rings. The van der Waals surface area contributed by atoms with Crippen LogP contribution in [0.1, 0.15) is 80.1 Å². The fourth-order valence-corrected chi connectivity index (χ4v) is 26.7. The summed E-state index contributed by atoms with van der Waals surface area (Å²) in [5, 5.41) is 0. The van der Waals surface area contributed by atoms with Crippen LogP contribution in [-0.2, 0) is 0 Å². The molecule has 0 saturated carbocycles. The molecule has 0 radical (unpaired) electrons. The summed E-state index contributed by atoms with van der Waals surface area (Å²) >= 11 is 0. The quantitative estimate of drug-likeness (QED) is 0.337. The molecule has 0 amide bonds. The Labute approximate surface area is 153 Å². The van der Waals surface area contributed by atoms with Crippen molar-refractivity contribution >= 4 is 22.3 Å². The van der Waals surface area contributed by atoms with Gasteiger partial charge in [-0.3, -0.25) is 0 Å². The van der Waals surface area contributed by atoms with Gasteiger partial charge in [0.05, 0.1) is 0 Å². The normalized spacial score (nSPS) is 27.4. The summed E-state index contributed by atoms with van der Waals surface area (Å²) in [5.41, 5.74) is 0. The Kier molecular flexibility index (Phi) is 8.78. The molecule has 6 heteroatoms. The first-order valence-corrected chi connectivity index (χ1v) is 16.8. The fraction of sp³-hybridized carbons (Fsp3) is 1.00. The Bertz CT molecular complexity index is 386. The molecule has 0 aromatic carbocycles. The van der Waals surface area contributed by atoms with E-state index in [0.717, 1.165) is 0 Å². The van der Waals surface area contributed by atoms with Gasteiger partial charge in [0.2, 0.25) is 0 Å². The molecule has 0 spiro atoms. The summed E-state index contributed by atoms with van der Waals surface area (Å²) in [6.07, 6.45) is 15.6. The number of nitrogens with one attached hydrogen (secondary N) is 2. The number of hydrogen-bond donors (Lipinski definition) is 2. The van der Waals surface area contributed by atoms with Crippen LogP contribution in [0.15, 0.2) is 4.52 Å². The van der Waals surface area contributed by atoms with Crippen LogP contribution in [-0.4, -0.2) is 37.0 Å². The molecule has 146 valence electrons. The van der Waals surface area contributed by atoms with Gasteiger partial charge in [-0.05, 0) is 0 Å². The van der Waals surface area contributed by atoms with Gasteiger partial charge in [0, 0.05) is 0 Å². The van der Waals surface area contributed by atoms with E-state index in [4.69, 9.17) is 4.52 Å². The van der Waals surface area contributed by atoms with E-state index in [2.05, 4.69) is 51.3 Å². The summed E-state index contributed by atoms with van der Waals surface area (Å²) in [7, 11) is 1.20. The van der Waals surface area contributed by atoms with Gasteiger partial charge < -0.3 is 0 Å². The van der Waals surface area contributed by atoms with Crippen LogP contribution in [0.5, 0.6) is 0 Å². The van der Waals surface area contributed by atoms with Crippen molar-refractivity contribution in [2.24, 2.45) is 4.52 Å². The monoisotopic (exact) mass is 395 g/mol. The van der Waals surface area contributed by atoms with E-state index in [9.17, 15) is 0 Å². The molecule has 1 rings (SSSR count). The van der Waals surface area contributed by atoms with Gasteiger partial charge in [-0.1, -0.05) is 0 Å². The van der Waals surface area contributed by atoms with Crippen molar-refractivity contribution in [1.82, 2.24) is 9.72 Å². The average molecular weight is 395 g/mol. The summed E-state index contributed by atoms with van der Waals surface area (Å²) in [4.78, 5) is 8.65. The molecule has 0 unspecified atom stereocenters. The number of hydrogen-bond acceptors (Lipinski definition) is 3. The van der Waals surface area contributed by atoms with Crippen LogP contribution in [0.25, 0.3) is 0 Å². The Balaban J connectivity index is 3.53. The molecule has 1 heterocycles. The third-order valence-electron chi connectivity index (χ3n) is 5.65. The summed E-state index contributed by atoms with van der Waals surface area (Å²) < 4.78 is 5.46. The second kappa shape index (κ2) is 9.19. The molecule has 0 aromatic heterocycles. The molecule has 0 bridgehead atoms. The van der Waals surface area contributed by atoms with Crippen molar-refractivity contribution in [3.8, 4) is 0 Å². The third-order valence-corrected chi connectivity index (χ3v) is 23.6. The van der Waals surface area contributed by atoms with Crippen molar-refractivity contribution in [2.75, 3.05) is 37.0 Å². The minimum atomic E-state index is -2.19. The van der Waals surface area contributed by atoms with Gasteiger partial charge in [0.15, 0.2) is 0 Å². The Morgan fingerprint density at radius 3 is 1.33 bits per heavy atom. The predicted octanol–water partition coefficient (Wildman–Crippen LogP) is 7.45. The zero-order valence-electron chi connectivity index (χ0n) is 17.3. The maximum atomic E-state index is 5.46. The van der Waals surface area contributed by atoms with Crippen LogP contribution in [0, 0.1) is 0 Å². The number of rotatable bonds is 12. The van der Waals surface area contributed by atoms with Gasteiger partial charge in [-0.25, -0.2) is 0 Å². The van der Waals surface area contributed by atoms with Crippen LogP contribution >= 0.6 is 22.3 Å². The zero-order valence-corrected chi connectivity index (χ0v) is 20.0. The summed E-state index contributed by atoms with van der Waals surface area (Å²) in [5.74, 6) is 0. The molecule has 2 N–H and O–H groups in total. The second-order valence-corrected chi connectivity index (χ2v) is 20.1. The van der Waals surface area contributed by atoms with Crippen LogP contribution in [0.2, 0.25) is 0 Å². The van der Waals surface area contributed by atoms with Crippen molar-refractivity contribution in [2.45, 2.75) is 80.1 Å². The first-order chi connectivity index (χ1) is 11.4. The van der Waals surface area contributed by atoms with Crippen LogP contribution in [0.4, 0.5) is 0 Å². The average Bonchev–Trinajstić information content (AvgIpc) is 2.48. The third kappa shape index (κ3) is 4.58. The Hall–Kier alpha value is 0.880. The molecule has 0 aliphatic carbocycles. The predicted molar refractivity (Wildman–Crippen MR) is 120 cm³/mol. The van der Waals surface area contributed by atoms with Crippen molar-refractivity contribution in [3.63, 3.8) is 0 Å². The second-order valence-electron chi connectivity index (χ2n) is 8.13. The van der Waals surface area contributed by atoms with Gasteiger partial charge in [0.25, 0.3) is 0 Å². The molecule has 0 fully saturated rings. The molecule has 0 aromatic rings. The number of nitrogens with zero attached hydrogens (tertiary/aromatic N) is 1. The van der Waals surface area contributed by atoms with Crippen LogP contribution < -0.4 is 9.72 Å². The molecule has 0 atom stereocenters. The maximum absolute atomic E-state index is 5.46. The Morgan fingerprint density at radius 1 is 0.625 bits per heavy atom. The Morgan fingerprint density at radius 2 is 1.00 bits per heavy atom. The molecular formula is C18H44N3P3. The SMILES string of the molecule is CCCP1(CCC)(CCC)N=PNP(CCC)(CCC)(CCC)N1. The van der Waals surface area contributed by atoms with E-state index >= 15 is 0 Å². The van der Waals surface area contributed by atoms with Crippen molar-refractivity contribution in [1.29, 1.82) is 0 Å². The van der Waals surface area contributed by atoms with Gasteiger partial charge >= 0.3 is 154 Å². The molecule has 0 saturated heterocycles. The van der Waals surface area contributed by atoms with Gasteiger partial charge in [-0.2, -0.15) is 0 Å². The first-order valence-electron chi connectivity index (χ1n) is 10.4. The topological polar surface area (TPSA) is 36.4 Å². The molecule has 3 nitrogen and oxygen atoms in total. The van der Waals surface area contributed by atoms with Crippen LogP contribution in [0.3, 0.4) is 0 Å². The van der Waals surface area contributed by atoms with Gasteiger partial charge in [0.1, 0.15) is 0 Å². The minimum absolute atomic E-state index is 1.20. The van der Waals surface area contributed by atoms with Crippen molar-refractivity contribution in [3.05, 3.63) is 0 Å². The molecular weight excluding hydrogens is 351 g/mol. The standard InChI is InChI=1S/C18H44N3P3/c1-7-13-23(14-8-2,15-9-3)19-22-20-24(21-23,16-10-4,17-11-5)18-12-6/h21H,7-18H2,1-6H3,(H,19,20). The molecule has 24 heavy (non-hydrogen) atoms. The summed E-state index contributed by atoms with van der Waals surface area (Å²) in [6, 6.07) is 0. The van der Waals surface area contributed by atoms with E-state index in [1.807, 2.05) is 0 Å². The van der Waals surface area contributed by atoms with E-state index < -0.39 is 13.8 Å². The van der Waals surface area contributed by atoms with Gasteiger partial charge in [-0.15, -0.1) is 0 Å². The first kappa shape index (κ1) is 22.9. The van der Waals surface area contributed by atoms with E-state index in [0.29, 0.717) is 0 Å². The van der Waals surface area contributed by atoms with E-state index in [-0.39, 0.29) is 0 Å². The fourth-order valence-electron chi connectivity index (χ4n) is 5.43. The van der Waals surface area contributed by atoms with E-state index in [1.54, 1.807) is 0 Å². The zero-order chi connectivity index (χ0) is 18.2. The van der Waals surface area contributed by atoms with E-state index in [1.165, 1.54) is 84.0 Å².